The van der Waals surface area contributed by atoms with Gasteiger partial charge in [-0.3, -0.25) is 4.79 Å². The van der Waals surface area contributed by atoms with Crippen molar-refractivity contribution in [2.45, 2.75) is 13.3 Å². The number of ether oxygens (including phenoxy) is 1. The number of nitrogens with zero attached hydrogens (tertiary/aromatic N) is 5. The maximum atomic E-state index is 11.6. The minimum atomic E-state index is -0.0579. The smallest absolute Gasteiger partial charge is 0.323 e. The quantitative estimate of drug-likeness (QED) is 0.760. The number of amides is 1. The highest BCUT2D eigenvalue weighted by Crippen LogP contribution is 2.12. The lowest BCUT2D eigenvalue weighted by Gasteiger charge is -2.19. The van der Waals surface area contributed by atoms with Crippen molar-refractivity contribution < 1.29 is 9.53 Å². The maximum Gasteiger partial charge on any atom is 0.323 e. The van der Waals surface area contributed by atoms with Gasteiger partial charge in [0.2, 0.25) is 17.8 Å². The molecule has 0 radical (unpaired) electrons. The van der Waals surface area contributed by atoms with Gasteiger partial charge in [-0.25, -0.2) is 0 Å². The van der Waals surface area contributed by atoms with Crippen LogP contribution in [0.3, 0.4) is 0 Å². The number of rotatable bonds is 6. The molecule has 1 rings (SSSR count). The number of anilines is 2. The van der Waals surface area contributed by atoms with Gasteiger partial charge in [-0.15, -0.1) is 0 Å². The van der Waals surface area contributed by atoms with Crippen molar-refractivity contribution in [1.29, 1.82) is 0 Å². The molecule has 8 nitrogen and oxygen atoms in total. The average Bonchev–Trinajstić information content (AvgIpc) is 2.35. The van der Waals surface area contributed by atoms with Crippen molar-refractivity contribution in [2.75, 3.05) is 44.9 Å². The van der Waals surface area contributed by atoms with Crippen molar-refractivity contribution in [3.8, 4) is 6.01 Å². The molecule has 2 N–H and O–H groups in total. The number of aromatic nitrogens is 3. The predicted molar refractivity (Wildman–Crippen MR) is 72.0 cm³/mol. The van der Waals surface area contributed by atoms with Crippen LogP contribution in [0.4, 0.5) is 11.9 Å². The highest BCUT2D eigenvalue weighted by atomic mass is 16.5. The highest BCUT2D eigenvalue weighted by Gasteiger charge is 2.14. The molecule has 0 spiro atoms. The first-order valence-corrected chi connectivity index (χ1v) is 5.99. The van der Waals surface area contributed by atoms with Gasteiger partial charge >= 0.3 is 6.01 Å². The minimum Gasteiger partial charge on any atom is -0.463 e. The number of hydrogen-bond donors (Lipinski definition) is 1. The lowest BCUT2D eigenvalue weighted by Crippen LogP contribution is -2.35. The standard InChI is InChI=1S/C11H20N6O2/c1-5-6-19-11-14-9(12)13-10(15-11)17(4)7-8(18)16(2)3/h5-7H2,1-4H3,(H2,12,13,14,15). The van der Waals surface area contributed by atoms with Crippen LogP contribution in [0.2, 0.25) is 0 Å². The Kier molecular flexibility index (Phi) is 5.28. The molecule has 0 aliphatic carbocycles. The largest absolute Gasteiger partial charge is 0.463 e. The summed E-state index contributed by atoms with van der Waals surface area (Å²) in [7, 11) is 5.08. The summed E-state index contributed by atoms with van der Waals surface area (Å²) in [5, 5.41) is 0. The van der Waals surface area contributed by atoms with Crippen LogP contribution in [0.15, 0.2) is 0 Å². The van der Waals surface area contributed by atoms with E-state index in [9.17, 15) is 4.79 Å². The molecule has 1 aromatic rings. The third kappa shape index (κ3) is 4.57. The Hall–Kier alpha value is -2.12. The monoisotopic (exact) mass is 268 g/mol. The van der Waals surface area contributed by atoms with E-state index in [0.29, 0.717) is 12.6 Å². The van der Waals surface area contributed by atoms with E-state index in [-0.39, 0.29) is 24.4 Å². The van der Waals surface area contributed by atoms with Crippen molar-refractivity contribution in [3.05, 3.63) is 0 Å². The summed E-state index contributed by atoms with van der Waals surface area (Å²) in [6.45, 7) is 2.64. The van der Waals surface area contributed by atoms with Crippen molar-refractivity contribution >= 4 is 17.8 Å². The van der Waals surface area contributed by atoms with Gasteiger partial charge in [-0.1, -0.05) is 6.92 Å². The molecule has 0 saturated carbocycles. The van der Waals surface area contributed by atoms with Gasteiger partial charge < -0.3 is 20.3 Å². The van der Waals surface area contributed by atoms with Gasteiger partial charge in [0, 0.05) is 21.1 Å². The van der Waals surface area contributed by atoms with Crippen molar-refractivity contribution in [2.24, 2.45) is 0 Å². The highest BCUT2D eigenvalue weighted by molar-refractivity contribution is 5.80. The topological polar surface area (TPSA) is 97.5 Å². The lowest BCUT2D eigenvalue weighted by atomic mass is 10.5. The lowest BCUT2D eigenvalue weighted by molar-refractivity contribution is -0.127. The fourth-order valence-electron chi connectivity index (χ4n) is 1.20. The zero-order valence-electron chi connectivity index (χ0n) is 11.8. The SMILES string of the molecule is CCCOc1nc(N)nc(N(C)CC(=O)N(C)C)n1. The summed E-state index contributed by atoms with van der Waals surface area (Å²) in [6, 6.07) is 0.175. The molecule has 19 heavy (non-hydrogen) atoms. The van der Waals surface area contributed by atoms with E-state index in [1.807, 2.05) is 6.92 Å². The average molecular weight is 268 g/mol. The molecule has 0 atom stereocenters. The number of nitrogen functional groups attached to an aromatic ring is 1. The van der Waals surface area contributed by atoms with Crippen LogP contribution in [0, 0.1) is 0 Å². The number of carbonyl (C=O) groups is 1. The molecule has 0 aliphatic rings. The van der Waals surface area contributed by atoms with E-state index in [0.717, 1.165) is 6.42 Å². The van der Waals surface area contributed by atoms with Gasteiger partial charge in [-0.05, 0) is 6.42 Å². The molecule has 0 fully saturated rings. The molecular weight excluding hydrogens is 248 g/mol. The molecule has 0 bridgehead atoms. The molecule has 1 amide bonds. The van der Waals surface area contributed by atoms with Gasteiger partial charge in [0.25, 0.3) is 0 Å². The fraction of sp³-hybridized carbons (Fsp3) is 0.636. The molecular formula is C11H20N6O2. The van der Waals surface area contributed by atoms with E-state index in [4.69, 9.17) is 10.5 Å². The fourth-order valence-corrected chi connectivity index (χ4v) is 1.20. The Labute approximate surface area is 112 Å². The van der Waals surface area contributed by atoms with Crippen LogP contribution in [-0.2, 0) is 4.79 Å². The second kappa shape index (κ2) is 6.72. The van der Waals surface area contributed by atoms with Crippen LogP contribution in [0.5, 0.6) is 6.01 Å². The third-order valence-electron chi connectivity index (χ3n) is 2.27. The van der Waals surface area contributed by atoms with Crippen LogP contribution in [0.25, 0.3) is 0 Å². The Balaban J connectivity index is 2.81. The van der Waals surface area contributed by atoms with E-state index in [1.165, 1.54) is 4.90 Å². The van der Waals surface area contributed by atoms with Crippen LogP contribution < -0.4 is 15.4 Å². The van der Waals surface area contributed by atoms with E-state index < -0.39 is 0 Å². The first-order chi connectivity index (χ1) is 8.93. The molecule has 0 saturated heterocycles. The third-order valence-corrected chi connectivity index (χ3v) is 2.27. The summed E-state index contributed by atoms with van der Waals surface area (Å²) >= 11 is 0. The number of likely N-dealkylation sites (N-methyl/N-ethyl adjacent to an activating group) is 2. The van der Waals surface area contributed by atoms with E-state index >= 15 is 0 Å². The van der Waals surface area contributed by atoms with Crippen LogP contribution >= 0.6 is 0 Å². The summed E-state index contributed by atoms with van der Waals surface area (Å²) < 4.78 is 5.32. The minimum absolute atomic E-state index is 0.0579. The maximum absolute atomic E-state index is 11.6. The summed E-state index contributed by atoms with van der Waals surface area (Å²) in [6.07, 6.45) is 0.843. The Morgan fingerprint density at radius 3 is 2.53 bits per heavy atom. The molecule has 0 aromatic carbocycles. The number of nitrogens with two attached hydrogens (primary N) is 1. The van der Waals surface area contributed by atoms with Crippen molar-refractivity contribution in [1.82, 2.24) is 19.9 Å². The van der Waals surface area contributed by atoms with Gasteiger partial charge in [0.1, 0.15) is 0 Å². The zero-order chi connectivity index (χ0) is 14.4. The second-order valence-corrected chi connectivity index (χ2v) is 4.27. The first-order valence-electron chi connectivity index (χ1n) is 5.99. The van der Waals surface area contributed by atoms with Gasteiger partial charge in [0.15, 0.2) is 0 Å². The van der Waals surface area contributed by atoms with E-state index in [2.05, 4.69) is 15.0 Å². The summed E-state index contributed by atoms with van der Waals surface area (Å²) in [5.74, 6) is 0.326. The summed E-state index contributed by atoms with van der Waals surface area (Å²) in [5.41, 5.74) is 5.60. The summed E-state index contributed by atoms with van der Waals surface area (Å²) in [4.78, 5) is 26.7. The second-order valence-electron chi connectivity index (χ2n) is 4.27. The molecule has 0 unspecified atom stereocenters. The number of carbonyl (C=O) groups excluding carboxylic acids is 1. The van der Waals surface area contributed by atoms with Gasteiger partial charge in [0.05, 0.1) is 13.2 Å². The molecule has 1 aromatic heterocycles. The normalized spacial score (nSPS) is 10.1. The van der Waals surface area contributed by atoms with Crippen LogP contribution in [0.1, 0.15) is 13.3 Å². The Bertz CT molecular complexity index is 437. The van der Waals surface area contributed by atoms with Crippen molar-refractivity contribution in [3.63, 3.8) is 0 Å². The number of hydrogen-bond acceptors (Lipinski definition) is 7. The van der Waals surface area contributed by atoms with Gasteiger partial charge in [-0.2, -0.15) is 15.0 Å². The molecule has 1 heterocycles. The van der Waals surface area contributed by atoms with E-state index in [1.54, 1.807) is 26.0 Å². The Morgan fingerprint density at radius 1 is 1.26 bits per heavy atom. The molecule has 106 valence electrons. The first kappa shape index (κ1) is 14.9. The molecule has 0 aliphatic heterocycles. The molecule has 8 heteroatoms. The Morgan fingerprint density at radius 2 is 1.95 bits per heavy atom. The van der Waals surface area contributed by atoms with Crippen LogP contribution in [-0.4, -0.2) is 60.1 Å². The zero-order valence-corrected chi connectivity index (χ0v) is 11.8. The predicted octanol–water partition coefficient (Wildman–Crippen LogP) is -0.233.